The molecule has 13 heavy (non-hydrogen) atoms. The molecule has 0 unspecified atom stereocenters. The smallest absolute Gasteiger partial charge is 0.267 e. The van der Waals surface area contributed by atoms with Crippen molar-refractivity contribution in [2.75, 3.05) is 6.61 Å². The van der Waals surface area contributed by atoms with Crippen LogP contribution in [0.2, 0.25) is 0 Å². The van der Waals surface area contributed by atoms with E-state index in [2.05, 4.69) is 24.0 Å². The number of rotatable bonds is 4. The van der Waals surface area contributed by atoms with Crippen molar-refractivity contribution in [2.45, 2.75) is 20.3 Å². The van der Waals surface area contributed by atoms with Gasteiger partial charge in [-0.2, -0.15) is 5.10 Å². The maximum atomic E-state index is 10.8. The van der Waals surface area contributed by atoms with Gasteiger partial charge >= 0.3 is 0 Å². The second-order valence-corrected chi connectivity index (χ2v) is 3.11. The molecule has 72 valence electrons. The second-order valence-electron chi connectivity index (χ2n) is 3.11. The van der Waals surface area contributed by atoms with Gasteiger partial charge in [0.2, 0.25) is 0 Å². The lowest BCUT2D eigenvalue weighted by Gasteiger charge is -2.09. The van der Waals surface area contributed by atoms with E-state index in [1.165, 1.54) is 12.3 Å². The zero-order chi connectivity index (χ0) is 9.68. The van der Waals surface area contributed by atoms with E-state index in [9.17, 15) is 4.79 Å². The Morgan fingerprint density at radius 2 is 2.46 bits per heavy atom. The van der Waals surface area contributed by atoms with Gasteiger partial charge in [0.1, 0.15) is 5.75 Å². The Morgan fingerprint density at radius 3 is 3.08 bits per heavy atom. The predicted octanol–water partition coefficient (Wildman–Crippen LogP) is 1.19. The number of aromatic nitrogens is 2. The molecule has 0 aliphatic rings. The number of nitrogens with zero attached hydrogens (tertiary/aromatic N) is 1. The fraction of sp³-hybridized carbons (Fsp3) is 0.556. The molecule has 0 bridgehead atoms. The van der Waals surface area contributed by atoms with Crippen LogP contribution in [0.25, 0.3) is 0 Å². The molecule has 1 aromatic heterocycles. The second kappa shape index (κ2) is 4.64. The molecular formula is C9H14N2O2. The SMILES string of the molecule is CC[C@H](C)COc1cn[nH]c(=O)c1. The fourth-order valence-corrected chi connectivity index (χ4v) is 0.794. The molecule has 1 rings (SSSR count). The van der Waals surface area contributed by atoms with E-state index in [1.54, 1.807) is 0 Å². The van der Waals surface area contributed by atoms with Crippen molar-refractivity contribution in [3.05, 3.63) is 22.6 Å². The quantitative estimate of drug-likeness (QED) is 0.761. The number of H-pyrrole nitrogens is 1. The van der Waals surface area contributed by atoms with Gasteiger partial charge in [0, 0.05) is 6.07 Å². The lowest BCUT2D eigenvalue weighted by molar-refractivity contribution is 0.255. The molecule has 0 fully saturated rings. The van der Waals surface area contributed by atoms with Gasteiger partial charge in [-0.15, -0.1) is 0 Å². The summed E-state index contributed by atoms with van der Waals surface area (Å²) in [6.45, 7) is 4.83. The molecule has 0 saturated carbocycles. The van der Waals surface area contributed by atoms with E-state index in [4.69, 9.17) is 4.74 Å². The van der Waals surface area contributed by atoms with Crippen LogP contribution in [0.1, 0.15) is 20.3 Å². The highest BCUT2D eigenvalue weighted by atomic mass is 16.5. The molecule has 0 saturated heterocycles. The third-order valence-electron chi connectivity index (χ3n) is 1.87. The highest BCUT2D eigenvalue weighted by Crippen LogP contribution is 2.07. The monoisotopic (exact) mass is 182 g/mol. The summed E-state index contributed by atoms with van der Waals surface area (Å²) >= 11 is 0. The van der Waals surface area contributed by atoms with E-state index in [-0.39, 0.29) is 5.56 Å². The number of aromatic amines is 1. The highest BCUT2D eigenvalue weighted by Gasteiger charge is 2.00. The molecule has 4 nitrogen and oxygen atoms in total. The molecule has 1 N–H and O–H groups in total. The van der Waals surface area contributed by atoms with Crippen molar-refractivity contribution >= 4 is 0 Å². The van der Waals surface area contributed by atoms with Gasteiger partial charge < -0.3 is 4.74 Å². The first kappa shape index (κ1) is 9.77. The molecule has 4 heteroatoms. The lowest BCUT2D eigenvalue weighted by Crippen LogP contribution is -2.11. The van der Waals surface area contributed by atoms with Gasteiger partial charge in [-0.05, 0) is 5.92 Å². The van der Waals surface area contributed by atoms with Crippen LogP contribution in [0.15, 0.2) is 17.1 Å². The van der Waals surface area contributed by atoms with Crippen LogP contribution in [-0.4, -0.2) is 16.8 Å². The minimum Gasteiger partial charge on any atom is -0.491 e. The summed E-state index contributed by atoms with van der Waals surface area (Å²) in [5.41, 5.74) is -0.235. The first-order valence-corrected chi connectivity index (χ1v) is 4.40. The van der Waals surface area contributed by atoms with E-state index >= 15 is 0 Å². The molecular weight excluding hydrogens is 168 g/mol. The first-order chi connectivity index (χ1) is 6.22. The summed E-state index contributed by atoms with van der Waals surface area (Å²) in [6, 6.07) is 1.40. The molecule has 0 aliphatic heterocycles. The predicted molar refractivity (Wildman–Crippen MR) is 49.8 cm³/mol. The first-order valence-electron chi connectivity index (χ1n) is 4.40. The number of nitrogens with one attached hydrogen (secondary N) is 1. The van der Waals surface area contributed by atoms with Crippen molar-refractivity contribution < 1.29 is 4.74 Å². The minimum absolute atomic E-state index is 0.235. The van der Waals surface area contributed by atoms with Gasteiger partial charge in [-0.1, -0.05) is 20.3 Å². The standard InChI is InChI=1S/C9H14N2O2/c1-3-7(2)6-13-8-4-9(12)11-10-5-8/h4-5,7H,3,6H2,1-2H3,(H,11,12)/t7-/m0/s1. The third-order valence-corrected chi connectivity index (χ3v) is 1.87. The molecule has 0 radical (unpaired) electrons. The van der Waals surface area contributed by atoms with E-state index in [0.29, 0.717) is 18.3 Å². The Labute approximate surface area is 76.9 Å². The van der Waals surface area contributed by atoms with Crippen LogP contribution >= 0.6 is 0 Å². The topological polar surface area (TPSA) is 55.0 Å². The molecule has 0 spiro atoms. The molecule has 0 aliphatic carbocycles. The maximum Gasteiger partial charge on any atom is 0.267 e. The Bertz CT molecular complexity index is 308. The third kappa shape index (κ3) is 3.27. The Balaban J connectivity index is 2.50. The van der Waals surface area contributed by atoms with Crippen molar-refractivity contribution in [2.24, 2.45) is 5.92 Å². The molecule has 0 amide bonds. The zero-order valence-electron chi connectivity index (χ0n) is 7.91. The van der Waals surface area contributed by atoms with Crippen LogP contribution in [0, 0.1) is 5.92 Å². The van der Waals surface area contributed by atoms with E-state index < -0.39 is 0 Å². The van der Waals surface area contributed by atoms with Crippen LogP contribution in [0.5, 0.6) is 5.75 Å². The van der Waals surface area contributed by atoms with Crippen LogP contribution < -0.4 is 10.3 Å². The Kier molecular flexibility index (Phi) is 3.49. The largest absolute Gasteiger partial charge is 0.491 e. The zero-order valence-corrected chi connectivity index (χ0v) is 7.91. The van der Waals surface area contributed by atoms with Gasteiger partial charge in [0.25, 0.3) is 5.56 Å². The lowest BCUT2D eigenvalue weighted by atomic mass is 10.1. The number of hydrogen-bond acceptors (Lipinski definition) is 3. The average molecular weight is 182 g/mol. The van der Waals surface area contributed by atoms with Crippen LogP contribution in [-0.2, 0) is 0 Å². The molecule has 1 atom stereocenters. The van der Waals surface area contributed by atoms with Gasteiger partial charge in [-0.3, -0.25) is 4.79 Å². The summed E-state index contributed by atoms with van der Waals surface area (Å²) in [4.78, 5) is 10.8. The van der Waals surface area contributed by atoms with Gasteiger partial charge in [0.15, 0.2) is 0 Å². The minimum atomic E-state index is -0.235. The van der Waals surface area contributed by atoms with Crippen LogP contribution in [0.4, 0.5) is 0 Å². The molecule has 0 aromatic carbocycles. The summed E-state index contributed by atoms with van der Waals surface area (Å²) in [6.07, 6.45) is 2.57. The summed E-state index contributed by atoms with van der Waals surface area (Å²) in [5, 5.41) is 5.91. The Hall–Kier alpha value is -1.32. The summed E-state index contributed by atoms with van der Waals surface area (Å²) < 4.78 is 5.36. The number of ether oxygens (including phenoxy) is 1. The van der Waals surface area contributed by atoms with Crippen molar-refractivity contribution in [3.63, 3.8) is 0 Å². The van der Waals surface area contributed by atoms with E-state index in [0.717, 1.165) is 6.42 Å². The average Bonchev–Trinajstić information content (AvgIpc) is 2.14. The number of hydrogen-bond donors (Lipinski definition) is 1. The van der Waals surface area contributed by atoms with Gasteiger partial charge in [0.05, 0.1) is 12.8 Å². The van der Waals surface area contributed by atoms with Crippen LogP contribution in [0.3, 0.4) is 0 Å². The molecule has 1 aromatic rings. The summed E-state index contributed by atoms with van der Waals surface area (Å²) in [5.74, 6) is 1.03. The summed E-state index contributed by atoms with van der Waals surface area (Å²) in [7, 11) is 0. The highest BCUT2D eigenvalue weighted by molar-refractivity contribution is 5.12. The van der Waals surface area contributed by atoms with Crippen molar-refractivity contribution in [1.29, 1.82) is 0 Å². The Morgan fingerprint density at radius 1 is 1.69 bits per heavy atom. The van der Waals surface area contributed by atoms with Gasteiger partial charge in [-0.25, -0.2) is 5.10 Å². The molecule has 1 heterocycles. The van der Waals surface area contributed by atoms with Crippen molar-refractivity contribution in [1.82, 2.24) is 10.2 Å². The van der Waals surface area contributed by atoms with Crippen molar-refractivity contribution in [3.8, 4) is 5.75 Å². The van der Waals surface area contributed by atoms with E-state index in [1.807, 2.05) is 0 Å². The normalized spacial score (nSPS) is 12.5. The fourth-order valence-electron chi connectivity index (χ4n) is 0.794. The maximum absolute atomic E-state index is 10.8.